The molecular weight excluding hydrogens is 504 g/mol. The number of para-hydroxylation sites is 2. The van der Waals surface area contributed by atoms with Crippen molar-refractivity contribution in [2.45, 2.75) is 0 Å². The predicted molar refractivity (Wildman–Crippen MR) is 150 cm³/mol. The molecule has 5 rings (SSSR count). The van der Waals surface area contributed by atoms with E-state index in [-0.39, 0.29) is 22.4 Å². The highest BCUT2D eigenvalue weighted by Crippen LogP contribution is 2.29. The number of benzene rings is 3. The van der Waals surface area contributed by atoms with Crippen LogP contribution in [0.2, 0.25) is 5.02 Å². The van der Waals surface area contributed by atoms with E-state index < -0.39 is 0 Å². The van der Waals surface area contributed by atoms with E-state index in [0.29, 0.717) is 11.4 Å². The molecule has 0 saturated heterocycles. The molecule has 0 atom stereocenters. The number of carbonyl (C=O) groups is 2. The number of nitrogens with one attached hydrogen (secondary N) is 2. The molecule has 0 unspecified atom stereocenters. The first-order valence-electron chi connectivity index (χ1n) is 11.4. The highest BCUT2D eigenvalue weighted by atomic mass is 35.5. The molecule has 3 aromatic carbocycles. The smallest absolute Gasteiger partial charge is 0.257 e. The van der Waals surface area contributed by atoms with Crippen LogP contribution in [0.3, 0.4) is 0 Å². The van der Waals surface area contributed by atoms with Crippen LogP contribution in [-0.4, -0.2) is 21.6 Å². The first kappa shape index (κ1) is 24.2. The average molecular weight is 525 g/mol. The van der Waals surface area contributed by atoms with Crippen LogP contribution in [0.4, 0.5) is 11.4 Å². The van der Waals surface area contributed by atoms with Crippen molar-refractivity contribution in [1.29, 1.82) is 0 Å². The monoisotopic (exact) mass is 524 g/mol. The standard InChI is InChI=1S/C29H21ClN4O2S/c30-25-15-14-22(18-24(25)29(36)32-21-8-3-1-4-9-21)31-27(35)16-13-20-19-34(23-10-5-2-6-11-23)33-28(20)26-12-7-17-37-26/h1-19H,(H,31,35)(H,32,36)/b16-13+. The quantitative estimate of drug-likeness (QED) is 0.222. The van der Waals surface area contributed by atoms with Gasteiger partial charge in [0.25, 0.3) is 5.91 Å². The Hall–Kier alpha value is -4.46. The number of hydrogen-bond acceptors (Lipinski definition) is 4. The van der Waals surface area contributed by atoms with Crippen LogP contribution in [-0.2, 0) is 4.79 Å². The number of amides is 2. The maximum absolute atomic E-state index is 12.8. The van der Waals surface area contributed by atoms with Crippen molar-refractivity contribution in [1.82, 2.24) is 9.78 Å². The number of nitrogens with zero attached hydrogens (tertiary/aromatic N) is 2. The lowest BCUT2D eigenvalue weighted by Crippen LogP contribution is -2.14. The van der Waals surface area contributed by atoms with Gasteiger partial charge in [0.05, 0.1) is 21.2 Å². The van der Waals surface area contributed by atoms with Crippen LogP contribution >= 0.6 is 22.9 Å². The zero-order chi connectivity index (χ0) is 25.6. The molecule has 2 aromatic heterocycles. The van der Waals surface area contributed by atoms with Crippen molar-refractivity contribution in [3.05, 3.63) is 125 Å². The zero-order valence-electron chi connectivity index (χ0n) is 19.5. The third-order valence-corrected chi connectivity index (χ3v) is 6.65. The summed E-state index contributed by atoms with van der Waals surface area (Å²) >= 11 is 7.84. The summed E-state index contributed by atoms with van der Waals surface area (Å²) in [6.45, 7) is 0. The van der Waals surface area contributed by atoms with Crippen LogP contribution in [0.5, 0.6) is 0 Å². The van der Waals surface area contributed by atoms with Gasteiger partial charge in [-0.2, -0.15) is 5.10 Å². The minimum absolute atomic E-state index is 0.261. The molecule has 0 aliphatic rings. The molecule has 0 aliphatic heterocycles. The Morgan fingerprint density at radius 2 is 1.62 bits per heavy atom. The third-order valence-electron chi connectivity index (χ3n) is 5.44. The third kappa shape index (κ3) is 5.86. The maximum atomic E-state index is 12.8. The van der Waals surface area contributed by atoms with Crippen molar-refractivity contribution >= 4 is 52.2 Å². The molecule has 37 heavy (non-hydrogen) atoms. The Morgan fingerprint density at radius 3 is 2.35 bits per heavy atom. The molecule has 2 heterocycles. The van der Waals surface area contributed by atoms with Gasteiger partial charge in [0.2, 0.25) is 5.91 Å². The molecule has 6 nitrogen and oxygen atoms in total. The number of thiophene rings is 1. The van der Waals surface area contributed by atoms with Crippen molar-refractivity contribution in [3.63, 3.8) is 0 Å². The van der Waals surface area contributed by atoms with Gasteiger partial charge in [-0.15, -0.1) is 11.3 Å². The van der Waals surface area contributed by atoms with E-state index >= 15 is 0 Å². The Labute approximate surface area is 222 Å². The number of rotatable bonds is 7. The van der Waals surface area contributed by atoms with Gasteiger partial charge in [0.1, 0.15) is 5.69 Å². The van der Waals surface area contributed by atoms with E-state index in [1.54, 1.807) is 52.4 Å². The number of carbonyl (C=O) groups excluding carboxylic acids is 2. The largest absolute Gasteiger partial charge is 0.322 e. The summed E-state index contributed by atoms with van der Waals surface area (Å²) in [5.41, 5.74) is 3.88. The van der Waals surface area contributed by atoms with Gasteiger partial charge in [-0.25, -0.2) is 4.68 Å². The van der Waals surface area contributed by atoms with Gasteiger partial charge in [-0.3, -0.25) is 9.59 Å². The van der Waals surface area contributed by atoms with E-state index in [4.69, 9.17) is 16.7 Å². The second-order valence-corrected chi connectivity index (χ2v) is 9.38. The van der Waals surface area contributed by atoms with Crippen LogP contribution in [0.1, 0.15) is 15.9 Å². The Balaban J connectivity index is 1.34. The van der Waals surface area contributed by atoms with E-state index in [9.17, 15) is 9.59 Å². The van der Waals surface area contributed by atoms with Crippen LogP contribution in [0.15, 0.2) is 109 Å². The van der Waals surface area contributed by atoms with Gasteiger partial charge < -0.3 is 10.6 Å². The average Bonchev–Trinajstić information content (AvgIpc) is 3.60. The van der Waals surface area contributed by atoms with Gasteiger partial charge in [-0.05, 0) is 60.0 Å². The molecule has 0 radical (unpaired) electrons. The molecule has 0 bridgehead atoms. The normalized spacial score (nSPS) is 10.9. The van der Waals surface area contributed by atoms with Crippen molar-refractivity contribution in [3.8, 4) is 16.3 Å². The minimum Gasteiger partial charge on any atom is -0.322 e. The number of aromatic nitrogens is 2. The first-order chi connectivity index (χ1) is 18.1. The summed E-state index contributed by atoms with van der Waals surface area (Å²) in [5.74, 6) is -0.710. The second kappa shape index (κ2) is 11.1. The van der Waals surface area contributed by atoms with Crippen LogP contribution in [0.25, 0.3) is 22.3 Å². The Bertz CT molecular complexity index is 1560. The van der Waals surface area contributed by atoms with E-state index in [1.807, 2.05) is 72.2 Å². The van der Waals surface area contributed by atoms with E-state index in [0.717, 1.165) is 21.8 Å². The molecule has 5 aromatic rings. The lowest BCUT2D eigenvalue weighted by atomic mass is 10.1. The maximum Gasteiger partial charge on any atom is 0.257 e. The van der Waals surface area contributed by atoms with Crippen molar-refractivity contribution in [2.75, 3.05) is 10.6 Å². The SMILES string of the molecule is O=C(/C=C/c1cn(-c2ccccc2)nc1-c1cccs1)Nc1ccc(Cl)c(C(=O)Nc2ccccc2)c1. The molecule has 2 amide bonds. The number of hydrogen-bond donors (Lipinski definition) is 2. The van der Waals surface area contributed by atoms with Crippen LogP contribution < -0.4 is 10.6 Å². The minimum atomic E-state index is -0.364. The number of anilines is 2. The molecule has 182 valence electrons. The summed E-state index contributed by atoms with van der Waals surface area (Å²) in [4.78, 5) is 26.5. The molecule has 2 N–H and O–H groups in total. The molecular formula is C29H21ClN4O2S. The van der Waals surface area contributed by atoms with Crippen LogP contribution in [0, 0.1) is 0 Å². The summed E-state index contributed by atoms with van der Waals surface area (Å²) in [7, 11) is 0. The fourth-order valence-electron chi connectivity index (χ4n) is 3.67. The lowest BCUT2D eigenvalue weighted by molar-refractivity contribution is -0.111. The van der Waals surface area contributed by atoms with Gasteiger partial charge >= 0.3 is 0 Å². The number of halogens is 1. The topological polar surface area (TPSA) is 76.0 Å². The van der Waals surface area contributed by atoms with Crippen molar-refractivity contribution in [2.24, 2.45) is 0 Å². The fourth-order valence-corrected chi connectivity index (χ4v) is 4.61. The molecule has 0 fully saturated rings. The Kier molecular flexibility index (Phi) is 7.26. The summed E-state index contributed by atoms with van der Waals surface area (Å²) in [6, 6.07) is 27.6. The Morgan fingerprint density at radius 1 is 0.865 bits per heavy atom. The summed E-state index contributed by atoms with van der Waals surface area (Å²) < 4.78 is 1.80. The van der Waals surface area contributed by atoms with Gasteiger partial charge in [0.15, 0.2) is 0 Å². The lowest BCUT2D eigenvalue weighted by Gasteiger charge is -2.09. The predicted octanol–water partition coefficient (Wildman–Crippen LogP) is 7.16. The fraction of sp³-hybridized carbons (Fsp3) is 0. The summed E-state index contributed by atoms with van der Waals surface area (Å²) in [5, 5.41) is 12.6. The molecule has 0 saturated carbocycles. The van der Waals surface area contributed by atoms with Crippen molar-refractivity contribution < 1.29 is 9.59 Å². The molecule has 0 aliphatic carbocycles. The summed E-state index contributed by atoms with van der Waals surface area (Å²) in [6.07, 6.45) is 5.07. The molecule has 8 heteroatoms. The van der Waals surface area contributed by atoms with E-state index in [2.05, 4.69) is 10.6 Å². The highest BCUT2D eigenvalue weighted by molar-refractivity contribution is 7.13. The van der Waals surface area contributed by atoms with E-state index in [1.165, 1.54) is 6.08 Å². The highest BCUT2D eigenvalue weighted by Gasteiger charge is 2.14. The van der Waals surface area contributed by atoms with Gasteiger partial charge in [-0.1, -0.05) is 54.1 Å². The first-order valence-corrected chi connectivity index (χ1v) is 12.7. The second-order valence-electron chi connectivity index (χ2n) is 8.03. The zero-order valence-corrected chi connectivity index (χ0v) is 21.0. The van der Waals surface area contributed by atoms with Gasteiger partial charge in [0, 0.05) is 29.2 Å². The molecule has 0 spiro atoms.